The predicted octanol–water partition coefficient (Wildman–Crippen LogP) is 4.81. The summed E-state index contributed by atoms with van der Waals surface area (Å²) in [6.07, 6.45) is 2.16. The topological polar surface area (TPSA) is 9.23 Å². The largest absolute Gasteiger partial charge is 0.381 e. The molecule has 0 saturated carbocycles. The molecule has 0 N–H and O–H groups in total. The van der Waals surface area contributed by atoms with E-state index in [1.54, 1.807) is 17.8 Å². The summed E-state index contributed by atoms with van der Waals surface area (Å²) in [4.78, 5) is 1.13. The number of rotatable bonds is 4. The quantitative estimate of drug-likeness (QED) is 0.629. The molecule has 0 bridgehead atoms. The van der Waals surface area contributed by atoms with Gasteiger partial charge in [-0.3, -0.25) is 0 Å². The van der Waals surface area contributed by atoms with Gasteiger partial charge < -0.3 is 4.74 Å². The fourth-order valence-corrected chi connectivity index (χ4v) is 4.52. The van der Waals surface area contributed by atoms with Crippen molar-refractivity contribution in [2.24, 2.45) is 5.41 Å². The zero-order chi connectivity index (χ0) is 13.0. The highest BCUT2D eigenvalue weighted by Gasteiger charge is 2.31. The first kappa shape index (κ1) is 14.9. The molecule has 1 saturated heterocycles. The molecule has 0 aliphatic carbocycles. The second kappa shape index (κ2) is 6.76. The van der Waals surface area contributed by atoms with Gasteiger partial charge >= 0.3 is 0 Å². The van der Waals surface area contributed by atoms with Crippen LogP contribution < -0.4 is 0 Å². The van der Waals surface area contributed by atoms with Crippen molar-refractivity contribution in [3.05, 3.63) is 28.2 Å². The van der Waals surface area contributed by atoms with E-state index in [0.717, 1.165) is 42.5 Å². The molecule has 0 spiro atoms. The summed E-state index contributed by atoms with van der Waals surface area (Å²) < 4.78 is 5.43. The Morgan fingerprint density at radius 1 is 1.17 bits per heavy atom. The van der Waals surface area contributed by atoms with E-state index in [2.05, 4.69) is 12.6 Å². The van der Waals surface area contributed by atoms with Crippen molar-refractivity contribution in [1.29, 1.82) is 0 Å². The number of thioether (sulfide) groups is 1. The van der Waals surface area contributed by atoms with Crippen LogP contribution in [0, 0.1) is 5.41 Å². The van der Waals surface area contributed by atoms with Gasteiger partial charge in [0.05, 0.1) is 0 Å². The van der Waals surface area contributed by atoms with E-state index in [1.807, 2.05) is 12.1 Å². The molecule has 5 heteroatoms. The SMILES string of the molecule is SCC1(CSc2cc(Cl)cc(Cl)c2)CCOCC1. The molecule has 18 heavy (non-hydrogen) atoms. The van der Waals surface area contributed by atoms with Gasteiger partial charge in [-0.05, 0) is 42.2 Å². The van der Waals surface area contributed by atoms with Gasteiger partial charge in [0.25, 0.3) is 0 Å². The lowest BCUT2D eigenvalue weighted by atomic mass is 9.84. The maximum atomic E-state index is 6.01. The van der Waals surface area contributed by atoms with E-state index in [9.17, 15) is 0 Å². The first-order chi connectivity index (χ1) is 8.63. The summed E-state index contributed by atoms with van der Waals surface area (Å²) in [5, 5.41) is 1.38. The molecule has 2 rings (SSSR count). The smallest absolute Gasteiger partial charge is 0.0471 e. The van der Waals surface area contributed by atoms with E-state index in [4.69, 9.17) is 27.9 Å². The van der Waals surface area contributed by atoms with Crippen molar-refractivity contribution in [2.45, 2.75) is 17.7 Å². The third-order valence-corrected chi connectivity index (χ3v) is 5.70. The molecule has 1 aromatic rings. The van der Waals surface area contributed by atoms with Crippen molar-refractivity contribution < 1.29 is 4.74 Å². The zero-order valence-corrected chi connectivity index (χ0v) is 13.2. The van der Waals surface area contributed by atoms with Crippen LogP contribution in [0.1, 0.15) is 12.8 Å². The van der Waals surface area contributed by atoms with Crippen LogP contribution in [-0.2, 0) is 4.74 Å². The Balaban J connectivity index is 2.00. The van der Waals surface area contributed by atoms with E-state index >= 15 is 0 Å². The van der Waals surface area contributed by atoms with Crippen molar-refractivity contribution >= 4 is 47.6 Å². The van der Waals surface area contributed by atoms with Crippen molar-refractivity contribution in [2.75, 3.05) is 24.7 Å². The van der Waals surface area contributed by atoms with E-state index in [0.29, 0.717) is 10.0 Å². The van der Waals surface area contributed by atoms with Crippen molar-refractivity contribution in [3.8, 4) is 0 Å². The average molecular weight is 323 g/mol. The van der Waals surface area contributed by atoms with Gasteiger partial charge in [0.2, 0.25) is 0 Å². The van der Waals surface area contributed by atoms with Gasteiger partial charge in [-0.2, -0.15) is 12.6 Å². The highest BCUT2D eigenvalue weighted by molar-refractivity contribution is 7.99. The Labute approximate surface area is 128 Å². The Kier molecular flexibility index (Phi) is 5.58. The molecular formula is C13H16Cl2OS2. The third kappa shape index (κ3) is 3.97. The van der Waals surface area contributed by atoms with E-state index < -0.39 is 0 Å². The minimum absolute atomic E-state index is 0.279. The number of hydrogen-bond donors (Lipinski definition) is 1. The van der Waals surface area contributed by atoms with Crippen LogP contribution in [-0.4, -0.2) is 24.7 Å². The first-order valence-electron chi connectivity index (χ1n) is 5.91. The van der Waals surface area contributed by atoms with Crippen molar-refractivity contribution in [3.63, 3.8) is 0 Å². The molecular weight excluding hydrogens is 307 g/mol. The van der Waals surface area contributed by atoms with Crippen LogP contribution in [0.5, 0.6) is 0 Å². The minimum atomic E-state index is 0.279. The molecule has 1 aliphatic heterocycles. The molecule has 0 radical (unpaired) electrons. The van der Waals surface area contributed by atoms with Gasteiger partial charge in [-0.1, -0.05) is 23.2 Å². The maximum Gasteiger partial charge on any atom is 0.0471 e. The normalized spacial score (nSPS) is 18.8. The lowest BCUT2D eigenvalue weighted by Gasteiger charge is -2.35. The standard InChI is InChI=1S/C13H16Cl2OS2/c14-10-5-11(15)7-12(6-10)18-9-13(8-17)1-3-16-4-2-13/h5-7,17H,1-4,8-9H2. The fraction of sp³-hybridized carbons (Fsp3) is 0.538. The number of benzene rings is 1. The van der Waals surface area contributed by atoms with Crippen LogP contribution in [0.25, 0.3) is 0 Å². The van der Waals surface area contributed by atoms with Gasteiger partial charge in [-0.15, -0.1) is 11.8 Å². The first-order valence-corrected chi connectivity index (χ1v) is 8.28. The lowest BCUT2D eigenvalue weighted by molar-refractivity contribution is 0.0371. The van der Waals surface area contributed by atoms with Crippen LogP contribution in [0.2, 0.25) is 10.0 Å². The van der Waals surface area contributed by atoms with Crippen LogP contribution in [0.3, 0.4) is 0 Å². The molecule has 1 fully saturated rings. The summed E-state index contributed by atoms with van der Waals surface area (Å²) in [6, 6.07) is 5.68. The van der Waals surface area contributed by atoms with E-state index in [-0.39, 0.29) is 5.41 Å². The molecule has 1 aromatic carbocycles. The predicted molar refractivity (Wildman–Crippen MR) is 83.5 cm³/mol. The summed E-state index contributed by atoms with van der Waals surface area (Å²) in [5.74, 6) is 1.94. The fourth-order valence-electron chi connectivity index (χ4n) is 2.00. The van der Waals surface area contributed by atoms with E-state index in [1.165, 1.54) is 0 Å². The van der Waals surface area contributed by atoms with Crippen LogP contribution in [0.4, 0.5) is 0 Å². The second-order valence-corrected chi connectivity index (χ2v) is 6.90. The van der Waals surface area contributed by atoms with Crippen LogP contribution in [0.15, 0.2) is 23.1 Å². The highest BCUT2D eigenvalue weighted by Crippen LogP contribution is 2.38. The molecule has 0 atom stereocenters. The summed E-state index contributed by atoms with van der Waals surface area (Å²) in [6.45, 7) is 1.69. The summed E-state index contributed by atoms with van der Waals surface area (Å²) in [7, 11) is 0. The number of hydrogen-bond acceptors (Lipinski definition) is 3. The molecule has 0 amide bonds. The Morgan fingerprint density at radius 2 is 1.78 bits per heavy atom. The van der Waals surface area contributed by atoms with Gasteiger partial charge in [0.1, 0.15) is 0 Å². The molecule has 100 valence electrons. The van der Waals surface area contributed by atoms with Crippen LogP contribution >= 0.6 is 47.6 Å². The Bertz CT molecular complexity index is 386. The number of halogens is 2. The minimum Gasteiger partial charge on any atom is -0.381 e. The molecule has 0 unspecified atom stereocenters. The maximum absolute atomic E-state index is 6.01. The lowest BCUT2D eigenvalue weighted by Crippen LogP contribution is -2.33. The molecule has 1 heterocycles. The highest BCUT2D eigenvalue weighted by atomic mass is 35.5. The number of thiol groups is 1. The molecule has 0 aromatic heterocycles. The van der Waals surface area contributed by atoms with Gasteiger partial charge in [-0.25, -0.2) is 0 Å². The second-order valence-electron chi connectivity index (χ2n) is 4.66. The Hall–Kier alpha value is 0.460. The van der Waals surface area contributed by atoms with Gasteiger partial charge in [0.15, 0.2) is 0 Å². The van der Waals surface area contributed by atoms with Gasteiger partial charge in [0, 0.05) is 33.9 Å². The molecule has 1 aliphatic rings. The average Bonchev–Trinajstić information content (AvgIpc) is 2.36. The van der Waals surface area contributed by atoms with Crippen molar-refractivity contribution in [1.82, 2.24) is 0 Å². The third-order valence-electron chi connectivity index (χ3n) is 3.27. The summed E-state index contributed by atoms with van der Waals surface area (Å²) >= 11 is 18.3. The summed E-state index contributed by atoms with van der Waals surface area (Å²) in [5.41, 5.74) is 0.279. The monoisotopic (exact) mass is 322 g/mol. The Morgan fingerprint density at radius 3 is 2.33 bits per heavy atom. The number of ether oxygens (including phenoxy) is 1. The zero-order valence-electron chi connectivity index (χ0n) is 9.99. The molecule has 1 nitrogen and oxygen atoms in total.